The predicted molar refractivity (Wildman–Crippen MR) is 71.4 cm³/mol. The lowest BCUT2D eigenvalue weighted by Crippen LogP contribution is -2.11. The molecule has 17 heavy (non-hydrogen) atoms. The molecular weight excluding hydrogens is 210 g/mol. The van der Waals surface area contributed by atoms with E-state index in [0.29, 0.717) is 6.54 Å². The molecule has 1 fully saturated rings. The summed E-state index contributed by atoms with van der Waals surface area (Å²) in [5.74, 6) is 1.84. The van der Waals surface area contributed by atoms with Crippen molar-refractivity contribution in [2.24, 2.45) is 11.7 Å². The molecule has 1 saturated carbocycles. The maximum atomic E-state index is 6.05. The van der Waals surface area contributed by atoms with Crippen LogP contribution in [0.1, 0.15) is 36.8 Å². The molecule has 0 aromatic heterocycles. The van der Waals surface area contributed by atoms with Gasteiger partial charge < -0.3 is 10.5 Å². The Morgan fingerprint density at radius 2 is 2.06 bits per heavy atom. The molecule has 0 heterocycles. The van der Waals surface area contributed by atoms with Gasteiger partial charge in [0, 0.05) is 0 Å². The van der Waals surface area contributed by atoms with Crippen LogP contribution in [0.5, 0.6) is 5.75 Å². The molecule has 0 bridgehead atoms. The minimum atomic E-state index is 0.684. The first-order valence-corrected chi connectivity index (χ1v) is 6.72. The smallest absolute Gasteiger partial charge is 0.125 e. The number of ether oxygens (including phenoxy) is 1. The third kappa shape index (κ3) is 3.22. The quantitative estimate of drug-likeness (QED) is 0.848. The van der Waals surface area contributed by atoms with Crippen molar-refractivity contribution in [1.29, 1.82) is 0 Å². The highest BCUT2D eigenvalue weighted by atomic mass is 16.5. The van der Waals surface area contributed by atoms with Gasteiger partial charge in [-0.25, -0.2) is 0 Å². The Bertz CT molecular complexity index is 356. The van der Waals surface area contributed by atoms with Crippen LogP contribution in [0.25, 0.3) is 0 Å². The zero-order valence-corrected chi connectivity index (χ0v) is 10.7. The standard InChI is InChI=1S/C15H23NO/c1-12-5-4-8-14(9-10-16)15(12)17-11-13-6-2-3-7-13/h4-5,8,13H,2-3,6-7,9-11,16H2,1H3. The molecule has 1 aliphatic rings. The van der Waals surface area contributed by atoms with Gasteiger partial charge in [0.25, 0.3) is 0 Å². The molecule has 94 valence electrons. The van der Waals surface area contributed by atoms with Gasteiger partial charge in [-0.15, -0.1) is 0 Å². The molecule has 0 atom stereocenters. The van der Waals surface area contributed by atoms with Gasteiger partial charge in [0.2, 0.25) is 0 Å². The lowest BCUT2D eigenvalue weighted by Gasteiger charge is -2.16. The summed E-state index contributed by atoms with van der Waals surface area (Å²) >= 11 is 0. The van der Waals surface area contributed by atoms with Gasteiger partial charge >= 0.3 is 0 Å². The highest BCUT2D eigenvalue weighted by molar-refractivity contribution is 5.40. The summed E-state index contributed by atoms with van der Waals surface area (Å²) in [6.45, 7) is 3.68. The normalized spacial score (nSPS) is 16.4. The Labute approximate surface area is 104 Å². The molecule has 1 aromatic rings. The largest absolute Gasteiger partial charge is 0.493 e. The van der Waals surface area contributed by atoms with Crippen LogP contribution in [-0.4, -0.2) is 13.2 Å². The van der Waals surface area contributed by atoms with Crippen molar-refractivity contribution in [2.75, 3.05) is 13.2 Å². The highest BCUT2D eigenvalue weighted by Gasteiger charge is 2.16. The number of hydrogen-bond donors (Lipinski definition) is 1. The summed E-state index contributed by atoms with van der Waals surface area (Å²) in [6.07, 6.45) is 6.31. The summed E-state index contributed by atoms with van der Waals surface area (Å²) in [6, 6.07) is 6.33. The zero-order valence-electron chi connectivity index (χ0n) is 10.7. The van der Waals surface area contributed by atoms with Crippen LogP contribution >= 0.6 is 0 Å². The monoisotopic (exact) mass is 233 g/mol. The molecule has 2 N–H and O–H groups in total. The topological polar surface area (TPSA) is 35.2 Å². The van der Waals surface area contributed by atoms with Crippen molar-refractivity contribution >= 4 is 0 Å². The van der Waals surface area contributed by atoms with Crippen molar-refractivity contribution in [3.05, 3.63) is 29.3 Å². The van der Waals surface area contributed by atoms with Crippen molar-refractivity contribution in [3.8, 4) is 5.75 Å². The third-order valence-electron chi connectivity index (χ3n) is 3.65. The van der Waals surface area contributed by atoms with E-state index in [2.05, 4.69) is 25.1 Å². The van der Waals surface area contributed by atoms with E-state index in [0.717, 1.165) is 24.7 Å². The highest BCUT2D eigenvalue weighted by Crippen LogP contribution is 2.28. The van der Waals surface area contributed by atoms with Crippen LogP contribution in [0.3, 0.4) is 0 Å². The SMILES string of the molecule is Cc1cccc(CCN)c1OCC1CCCC1. The first-order chi connectivity index (χ1) is 8.31. The number of aryl methyl sites for hydroxylation is 1. The van der Waals surface area contributed by atoms with Crippen molar-refractivity contribution in [2.45, 2.75) is 39.0 Å². The average molecular weight is 233 g/mol. The van der Waals surface area contributed by atoms with E-state index in [1.807, 2.05) is 0 Å². The average Bonchev–Trinajstić information content (AvgIpc) is 2.82. The Kier molecular flexibility index (Phi) is 4.43. The maximum absolute atomic E-state index is 6.05. The molecule has 2 rings (SSSR count). The Morgan fingerprint density at radius 3 is 2.76 bits per heavy atom. The molecule has 0 aliphatic heterocycles. The predicted octanol–water partition coefficient (Wildman–Crippen LogP) is 3.07. The molecule has 0 radical (unpaired) electrons. The van der Waals surface area contributed by atoms with E-state index in [9.17, 15) is 0 Å². The number of nitrogens with two attached hydrogens (primary N) is 1. The first kappa shape index (κ1) is 12.4. The fourth-order valence-corrected chi connectivity index (χ4v) is 2.65. The number of hydrogen-bond acceptors (Lipinski definition) is 2. The second-order valence-electron chi connectivity index (χ2n) is 5.06. The van der Waals surface area contributed by atoms with Crippen molar-refractivity contribution in [3.63, 3.8) is 0 Å². The van der Waals surface area contributed by atoms with Crippen LogP contribution in [0.15, 0.2) is 18.2 Å². The fraction of sp³-hybridized carbons (Fsp3) is 0.600. The van der Waals surface area contributed by atoms with Gasteiger partial charge in [-0.05, 0) is 49.8 Å². The number of para-hydroxylation sites is 1. The van der Waals surface area contributed by atoms with Crippen LogP contribution in [0, 0.1) is 12.8 Å². The summed E-state index contributed by atoms with van der Waals surface area (Å²) < 4.78 is 6.05. The van der Waals surface area contributed by atoms with Crippen molar-refractivity contribution < 1.29 is 4.74 Å². The van der Waals surface area contributed by atoms with E-state index in [4.69, 9.17) is 10.5 Å². The number of benzene rings is 1. The van der Waals surface area contributed by atoms with Gasteiger partial charge in [-0.1, -0.05) is 31.0 Å². The first-order valence-electron chi connectivity index (χ1n) is 6.72. The van der Waals surface area contributed by atoms with Crippen LogP contribution in [0.4, 0.5) is 0 Å². The molecular formula is C15H23NO. The van der Waals surface area contributed by atoms with Gasteiger partial charge in [-0.2, -0.15) is 0 Å². The molecule has 0 unspecified atom stereocenters. The van der Waals surface area contributed by atoms with Gasteiger partial charge in [0.1, 0.15) is 5.75 Å². The second kappa shape index (κ2) is 6.06. The minimum absolute atomic E-state index is 0.684. The molecule has 1 aliphatic carbocycles. The Morgan fingerprint density at radius 1 is 1.29 bits per heavy atom. The second-order valence-corrected chi connectivity index (χ2v) is 5.06. The molecule has 0 saturated heterocycles. The lowest BCUT2D eigenvalue weighted by molar-refractivity contribution is 0.248. The molecule has 0 amide bonds. The molecule has 2 heteroatoms. The van der Waals surface area contributed by atoms with E-state index < -0.39 is 0 Å². The Balaban J connectivity index is 2.02. The van der Waals surface area contributed by atoms with E-state index in [1.165, 1.54) is 36.8 Å². The minimum Gasteiger partial charge on any atom is -0.493 e. The summed E-state index contributed by atoms with van der Waals surface area (Å²) in [5, 5.41) is 0. The van der Waals surface area contributed by atoms with E-state index in [1.54, 1.807) is 0 Å². The van der Waals surface area contributed by atoms with Gasteiger partial charge in [0.15, 0.2) is 0 Å². The summed E-state index contributed by atoms with van der Waals surface area (Å²) in [4.78, 5) is 0. The molecule has 1 aromatic carbocycles. The molecule has 2 nitrogen and oxygen atoms in total. The van der Waals surface area contributed by atoms with Crippen LogP contribution in [-0.2, 0) is 6.42 Å². The lowest BCUT2D eigenvalue weighted by atomic mass is 10.1. The van der Waals surface area contributed by atoms with E-state index in [-0.39, 0.29) is 0 Å². The third-order valence-corrected chi connectivity index (χ3v) is 3.65. The molecule has 0 spiro atoms. The van der Waals surface area contributed by atoms with Crippen LogP contribution in [0.2, 0.25) is 0 Å². The Hall–Kier alpha value is -1.02. The van der Waals surface area contributed by atoms with Gasteiger partial charge in [0.05, 0.1) is 6.61 Å². The van der Waals surface area contributed by atoms with Crippen LogP contribution < -0.4 is 10.5 Å². The zero-order chi connectivity index (χ0) is 12.1. The summed E-state index contributed by atoms with van der Waals surface area (Å²) in [5.41, 5.74) is 8.13. The summed E-state index contributed by atoms with van der Waals surface area (Å²) in [7, 11) is 0. The maximum Gasteiger partial charge on any atom is 0.125 e. The van der Waals surface area contributed by atoms with Gasteiger partial charge in [-0.3, -0.25) is 0 Å². The van der Waals surface area contributed by atoms with Crippen molar-refractivity contribution in [1.82, 2.24) is 0 Å². The number of rotatable bonds is 5. The van der Waals surface area contributed by atoms with E-state index >= 15 is 0 Å². The fourth-order valence-electron chi connectivity index (χ4n) is 2.65.